The van der Waals surface area contributed by atoms with Crippen LogP contribution >= 0.6 is 11.8 Å². The first-order valence-corrected chi connectivity index (χ1v) is 7.51. The predicted molar refractivity (Wildman–Crippen MR) is 72.1 cm³/mol. The lowest BCUT2D eigenvalue weighted by molar-refractivity contribution is -0.128. The van der Waals surface area contributed by atoms with Crippen molar-refractivity contribution in [2.45, 2.75) is 30.6 Å². The molecule has 104 valence electrons. The number of likely N-dealkylation sites (tertiary alicyclic amines) is 1. The summed E-state index contributed by atoms with van der Waals surface area (Å²) >= 11 is 1.13. The van der Waals surface area contributed by atoms with Gasteiger partial charge in [-0.05, 0) is 25.0 Å². The quantitative estimate of drug-likeness (QED) is 0.793. The van der Waals surface area contributed by atoms with E-state index in [1.165, 1.54) is 25.0 Å². The van der Waals surface area contributed by atoms with Gasteiger partial charge in [-0.3, -0.25) is 4.79 Å². The number of thioether (sulfide) groups is 1. The monoisotopic (exact) mass is 285 g/mol. The third kappa shape index (κ3) is 4.20. The summed E-state index contributed by atoms with van der Waals surface area (Å²) in [7, 11) is 0. The van der Waals surface area contributed by atoms with Crippen molar-refractivity contribution in [3.05, 3.63) is 29.8 Å². The lowest BCUT2D eigenvalue weighted by Gasteiger charge is -2.20. The lowest BCUT2D eigenvalue weighted by atomic mass is 10.2. The largest absolute Gasteiger partial charge is 0.342 e. The van der Waals surface area contributed by atoms with Crippen molar-refractivity contribution < 1.29 is 13.6 Å². The Morgan fingerprint density at radius 1 is 1.16 bits per heavy atom. The highest BCUT2D eigenvalue weighted by atomic mass is 32.2. The molecule has 1 heterocycles. The molecule has 5 heteroatoms. The van der Waals surface area contributed by atoms with Crippen molar-refractivity contribution in [1.82, 2.24) is 4.90 Å². The van der Waals surface area contributed by atoms with Crippen molar-refractivity contribution in [2.24, 2.45) is 0 Å². The third-order valence-electron chi connectivity index (χ3n) is 3.20. The van der Waals surface area contributed by atoms with Gasteiger partial charge >= 0.3 is 0 Å². The Morgan fingerprint density at radius 3 is 2.47 bits per heavy atom. The summed E-state index contributed by atoms with van der Waals surface area (Å²) in [5.41, 5.74) is 0. The second-order valence-electron chi connectivity index (χ2n) is 4.66. The van der Waals surface area contributed by atoms with E-state index in [1.807, 2.05) is 4.90 Å². The number of rotatable bonds is 3. The third-order valence-corrected chi connectivity index (χ3v) is 4.24. The van der Waals surface area contributed by atoms with Gasteiger partial charge in [-0.1, -0.05) is 12.8 Å². The smallest absolute Gasteiger partial charge is 0.232 e. The molecule has 0 N–H and O–H groups in total. The summed E-state index contributed by atoms with van der Waals surface area (Å²) in [6.45, 7) is 1.59. The lowest BCUT2D eigenvalue weighted by Crippen LogP contribution is -2.33. The fraction of sp³-hybridized carbons (Fsp3) is 0.500. The van der Waals surface area contributed by atoms with Crippen LogP contribution in [0.1, 0.15) is 25.7 Å². The average Bonchev–Trinajstić information content (AvgIpc) is 2.66. The molecule has 1 aromatic carbocycles. The van der Waals surface area contributed by atoms with Gasteiger partial charge in [0.1, 0.15) is 11.6 Å². The molecule has 1 saturated heterocycles. The first kappa shape index (κ1) is 14.3. The van der Waals surface area contributed by atoms with E-state index in [2.05, 4.69) is 0 Å². The number of halogens is 2. The number of carbonyl (C=O) groups excluding carboxylic acids is 1. The number of benzene rings is 1. The number of amides is 1. The Labute approximate surface area is 116 Å². The molecule has 1 aliphatic rings. The van der Waals surface area contributed by atoms with Crippen LogP contribution in [0.5, 0.6) is 0 Å². The number of hydrogen-bond acceptors (Lipinski definition) is 2. The van der Waals surface area contributed by atoms with Crippen molar-refractivity contribution in [3.63, 3.8) is 0 Å². The minimum Gasteiger partial charge on any atom is -0.342 e. The summed E-state index contributed by atoms with van der Waals surface area (Å²) < 4.78 is 26.2. The van der Waals surface area contributed by atoms with Crippen LogP contribution in [0.3, 0.4) is 0 Å². The van der Waals surface area contributed by atoms with E-state index in [0.717, 1.165) is 43.8 Å². The van der Waals surface area contributed by atoms with Crippen molar-refractivity contribution in [2.75, 3.05) is 18.8 Å². The molecule has 0 atom stereocenters. The molecule has 1 aromatic rings. The standard InChI is InChI=1S/C14H17F2NOS/c15-11-5-6-13(12(16)9-11)19-10-14(18)17-7-3-1-2-4-8-17/h5-6,9H,1-4,7-8,10H2. The summed E-state index contributed by atoms with van der Waals surface area (Å²) in [5, 5.41) is 0. The van der Waals surface area contributed by atoms with Crippen molar-refractivity contribution in [1.29, 1.82) is 0 Å². The van der Waals surface area contributed by atoms with Crippen LogP contribution in [0.25, 0.3) is 0 Å². The molecule has 0 saturated carbocycles. The molecule has 1 amide bonds. The van der Waals surface area contributed by atoms with Crippen LogP contribution in [-0.2, 0) is 4.79 Å². The highest BCUT2D eigenvalue weighted by Gasteiger charge is 2.16. The van der Waals surface area contributed by atoms with Gasteiger partial charge in [-0.15, -0.1) is 11.8 Å². The second kappa shape index (κ2) is 6.89. The number of carbonyl (C=O) groups is 1. The van der Waals surface area contributed by atoms with E-state index >= 15 is 0 Å². The van der Waals surface area contributed by atoms with Crippen LogP contribution in [0, 0.1) is 11.6 Å². The van der Waals surface area contributed by atoms with E-state index in [4.69, 9.17) is 0 Å². The molecule has 1 fully saturated rings. The van der Waals surface area contributed by atoms with Gasteiger partial charge in [-0.2, -0.15) is 0 Å². The van der Waals surface area contributed by atoms with E-state index in [-0.39, 0.29) is 11.7 Å². The zero-order valence-corrected chi connectivity index (χ0v) is 11.5. The maximum Gasteiger partial charge on any atom is 0.232 e. The molecule has 0 radical (unpaired) electrons. The summed E-state index contributed by atoms with van der Waals surface area (Å²) in [5.74, 6) is -0.951. The van der Waals surface area contributed by atoms with Gasteiger partial charge < -0.3 is 4.90 Å². The van der Waals surface area contributed by atoms with Crippen molar-refractivity contribution in [3.8, 4) is 0 Å². The molecule has 0 unspecified atom stereocenters. The maximum atomic E-state index is 13.4. The summed E-state index contributed by atoms with van der Waals surface area (Å²) in [6, 6.07) is 3.44. The zero-order chi connectivity index (χ0) is 13.7. The average molecular weight is 285 g/mol. The first-order valence-electron chi connectivity index (χ1n) is 6.52. The molecule has 0 bridgehead atoms. The Kier molecular flexibility index (Phi) is 5.19. The number of hydrogen-bond donors (Lipinski definition) is 0. The molecule has 0 aromatic heterocycles. The topological polar surface area (TPSA) is 20.3 Å². The summed E-state index contributed by atoms with van der Waals surface area (Å²) in [4.78, 5) is 14.2. The summed E-state index contributed by atoms with van der Waals surface area (Å²) in [6.07, 6.45) is 4.43. The Bertz CT molecular complexity index is 445. The van der Waals surface area contributed by atoms with Crippen LogP contribution in [0.4, 0.5) is 8.78 Å². The molecule has 1 aliphatic heterocycles. The maximum absolute atomic E-state index is 13.4. The highest BCUT2D eigenvalue weighted by Crippen LogP contribution is 2.23. The van der Waals surface area contributed by atoms with E-state index < -0.39 is 11.6 Å². The Balaban J connectivity index is 1.88. The number of nitrogens with zero attached hydrogens (tertiary/aromatic N) is 1. The molecule has 2 rings (SSSR count). The molecule has 0 spiro atoms. The van der Waals surface area contributed by atoms with E-state index in [0.29, 0.717) is 4.90 Å². The van der Waals surface area contributed by atoms with Crippen molar-refractivity contribution >= 4 is 17.7 Å². The normalized spacial score (nSPS) is 16.2. The van der Waals surface area contributed by atoms with Crippen LogP contribution < -0.4 is 0 Å². The Hall–Kier alpha value is -1.10. The fourth-order valence-electron chi connectivity index (χ4n) is 2.14. The van der Waals surface area contributed by atoms with Crippen LogP contribution in [-0.4, -0.2) is 29.6 Å². The zero-order valence-electron chi connectivity index (χ0n) is 10.7. The SMILES string of the molecule is O=C(CSc1ccc(F)cc1F)N1CCCCCC1. The molecule has 19 heavy (non-hydrogen) atoms. The molecular formula is C14H17F2NOS. The van der Waals surface area contributed by atoms with Gasteiger partial charge in [0, 0.05) is 24.1 Å². The minimum atomic E-state index is -0.603. The fourth-order valence-corrected chi connectivity index (χ4v) is 2.97. The Morgan fingerprint density at radius 2 is 1.84 bits per heavy atom. The van der Waals surface area contributed by atoms with Gasteiger partial charge in [-0.25, -0.2) is 8.78 Å². The van der Waals surface area contributed by atoms with Gasteiger partial charge in [0.05, 0.1) is 5.75 Å². The second-order valence-corrected chi connectivity index (χ2v) is 5.68. The predicted octanol–water partition coefficient (Wildman–Crippen LogP) is 3.46. The first-order chi connectivity index (χ1) is 9.16. The molecule has 0 aliphatic carbocycles. The van der Waals surface area contributed by atoms with Crippen LogP contribution in [0.15, 0.2) is 23.1 Å². The van der Waals surface area contributed by atoms with Gasteiger partial charge in [0.15, 0.2) is 0 Å². The van der Waals surface area contributed by atoms with E-state index in [1.54, 1.807) is 0 Å². The molecular weight excluding hydrogens is 268 g/mol. The van der Waals surface area contributed by atoms with Gasteiger partial charge in [0.25, 0.3) is 0 Å². The molecule has 2 nitrogen and oxygen atoms in total. The van der Waals surface area contributed by atoms with Crippen LogP contribution in [0.2, 0.25) is 0 Å². The highest BCUT2D eigenvalue weighted by molar-refractivity contribution is 8.00. The van der Waals surface area contributed by atoms with E-state index in [9.17, 15) is 13.6 Å². The van der Waals surface area contributed by atoms with Gasteiger partial charge in [0.2, 0.25) is 5.91 Å². The minimum absolute atomic E-state index is 0.0376.